The Hall–Kier alpha value is -2.64. The molecular weight excluding hydrogens is 526 g/mol. The SMILES string of the molecule is CC(C)(C)OC(=O)N1CCN(c2ncc([C@@](N[S+]([O-])C(C)(C)C)(c3ccc(F)cc3)C(F)(F)F)cn2)CC1. The lowest BCUT2D eigenvalue weighted by atomic mass is 9.84. The van der Waals surface area contributed by atoms with Crippen molar-refractivity contribution in [3.8, 4) is 0 Å². The minimum Gasteiger partial charge on any atom is -0.598 e. The van der Waals surface area contributed by atoms with Gasteiger partial charge in [0.2, 0.25) is 11.5 Å². The van der Waals surface area contributed by atoms with Gasteiger partial charge in [-0.25, -0.2) is 19.2 Å². The molecule has 38 heavy (non-hydrogen) atoms. The normalized spacial score (nSPS) is 17.7. The number of carbonyl (C=O) groups is 1. The third kappa shape index (κ3) is 6.67. The summed E-state index contributed by atoms with van der Waals surface area (Å²) < 4.78 is 77.8. The van der Waals surface area contributed by atoms with Crippen LogP contribution >= 0.6 is 0 Å². The van der Waals surface area contributed by atoms with Crippen LogP contribution in [-0.2, 0) is 21.6 Å². The molecule has 1 amide bonds. The number of carbonyl (C=O) groups excluding carboxylic acids is 1. The number of benzene rings is 1. The molecule has 2 heterocycles. The van der Waals surface area contributed by atoms with Crippen molar-refractivity contribution in [2.24, 2.45) is 0 Å². The van der Waals surface area contributed by atoms with Crippen molar-refractivity contribution in [3.05, 3.63) is 53.6 Å². The molecule has 1 unspecified atom stereocenters. The van der Waals surface area contributed by atoms with Crippen LogP contribution in [0.1, 0.15) is 52.7 Å². The van der Waals surface area contributed by atoms with Gasteiger partial charge in [-0.05, 0) is 59.2 Å². The molecule has 0 bridgehead atoms. The number of alkyl halides is 3. The Morgan fingerprint density at radius 3 is 1.92 bits per heavy atom. The van der Waals surface area contributed by atoms with E-state index in [4.69, 9.17) is 4.74 Å². The summed E-state index contributed by atoms with van der Waals surface area (Å²) in [6, 6.07) is 3.83. The van der Waals surface area contributed by atoms with Crippen LogP contribution in [0.2, 0.25) is 0 Å². The van der Waals surface area contributed by atoms with E-state index in [0.717, 1.165) is 36.7 Å². The van der Waals surface area contributed by atoms with Crippen LogP contribution in [0.3, 0.4) is 0 Å². The molecule has 210 valence electrons. The fourth-order valence-electron chi connectivity index (χ4n) is 3.76. The quantitative estimate of drug-likeness (QED) is 0.425. The summed E-state index contributed by atoms with van der Waals surface area (Å²) in [5, 5.41) is 0. The zero-order chi connectivity index (χ0) is 28.5. The second kappa shape index (κ2) is 10.9. The van der Waals surface area contributed by atoms with E-state index in [1.165, 1.54) is 0 Å². The molecule has 0 aliphatic carbocycles. The molecule has 3 rings (SSSR count). The predicted octanol–water partition coefficient (Wildman–Crippen LogP) is 4.53. The Labute approximate surface area is 223 Å². The average Bonchev–Trinajstić information content (AvgIpc) is 2.81. The Morgan fingerprint density at radius 1 is 0.947 bits per heavy atom. The van der Waals surface area contributed by atoms with Gasteiger partial charge in [0, 0.05) is 55.5 Å². The molecule has 1 aromatic carbocycles. The van der Waals surface area contributed by atoms with Gasteiger partial charge in [0.15, 0.2) is 0 Å². The number of piperazine rings is 1. The number of aromatic nitrogens is 2. The van der Waals surface area contributed by atoms with E-state index in [1.54, 1.807) is 51.3 Å². The lowest BCUT2D eigenvalue weighted by Crippen LogP contribution is -2.59. The van der Waals surface area contributed by atoms with Gasteiger partial charge in [-0.1, -0.05) is 12.1 Å². The van der Waals surface area contributed by atoms with Crippen molar-refractivity contribution < 1.29 is 31.6 Å². The molecule has 0 radical (unpaired) electrons. The second-order valence-corrected chi connectivity index (χ2v) is 12.9. The number of ether oxygens (including phenoxy) is 1. The molecule has 0 spiro atoms. The number of hydrogen-bond donors (Lipinski definition) is 1. The van der Waals surface area contributed by atoms with Crippen molar-refractivity contribution in [1.82, 2.24) is 19.6 Å². The lowest BCUT2D eigenvalue weighted by Gasteiger charge is -2.39. The molecule has 1 N–H and O–H groups in total. The van der Waals surface area contributed by atoms with E-state index < -0.39 is 50.9 Å². The Kier molecular flexibility index (Phi) is 8.54. The molecule has 1 aromatic heterocycles. The van der Waals surface area contributed by atoms with E-state index in [1.807, 2.05) is 0 Å². The van der Waals surface area contributed by atoms with Gasteiger partial charge >= 0.3 is 12.3 Å². The third-order valence-electron chi connectivity index (χ3n) is 5.79. The van der Waals surface area contributed by atoms with E-state index in [2.05, 4.69) is 14.7 Å². The molecule has 1 fully saturated rings. The standard InChI is InChI=1S/C25H33F4N5O3S/c1-22(2,3)37-21(35)34-13-11-33(12-14-34)20-30-15-18(16-31-20)24(25(27,28)29,32-38(36)23(4,5)6)17-7-9-19(26)10-8-17/h7-10,15-16,32H,11-14H2,1-6H3/t24-,38?/m0/s1. The first-order valence-corrected chi connectivity index (χ1v) is 13.2. The molecule has 0 saturated carbocycles. The first-order chi connectivity index (χ1) is 17.4. The molecule has 2 atom stereocenters. The number of rotatable bonds is 5. The molecule has 8 nitrogen and oxygen atoms in total. The van der Waals surface area contributed by atoms with Gasteiger partial charge in [0.1, 0.15) is 16.2 Å². The highest BCUT2D eigenvalue weighted by Crippen LogP contribution is 2.45. The monoisotopic (exact) mass is 559 g/mol. The van der Waals surface area contributed by atoms with Crippen molar-refractivity contribution in [2.75, 3.05) is 31.1 Å². The van der Waals surface area contributed by atoms with Gasteiger partial charge in [0.25, 0.3) is 0 Å². The maximum Gasteiger partial charge on any atom is 0.419 e. The highest BCUT2D eigenvalue weighted by atomic mass is 32.2. The average molecular weight is 560 g/mol. The molecular formula is C25H33F4N5O3S. The van der Waals surface area contributed by atoms with E-state index >= 15 is 0 Å². The van der Waals surface area contributed by atoms with E-state index in [9.17, 15) is 26.9 Å². The summed E-state index contributed by atoms with van der Waals surface area (Å²) in [7, 11) is 0. The summed E-state index contributed by atoms with van der Waals surface area (Å²) in [4.78, 5) is 24.0. The second-order valence-electron chi connectivity index (χ2n) is 11.0. The van der Waals surface area contributed by atoms with Crippen LogP contribution in [0.15, 0.2) is 36.7 Å². The molecule has 13 heteroatoms. The largest absolute Gasteiger partial charge is 0.598 e. The topological polar surface area (TPSA) is 93.7 Å². The summed E-state index contributed by atoms with van der Waals surface area (Å²) >= 11 is -2.16. The molecule has 2 aromatic rings. The fourth-order valence-corrected chi connectivity index (χ4v) is 4.69. The molecule has 1 saturated heterocycles. The zero-order valence-electron chi connectivity index (χ0n) is 22.2. The van der Waals surface area contributed by atoms with Gasteiger partial charge in [0.05, 0.1) is 0 Å². The van der Waals surface area contributed by atoms with Crippen molar-refractivity contribution in [3.63, 3.8) is 0 Å². The maximum atomic E-state index is 14.9. The molecule has 1 aliphatic heterocycles. The first kappa shape index (κ1) is 29.9. The number of nitrogens with one attached hydrogen (secondary N) is 1. The van der Waals surface area contributed by atoms with Crippen molar-refractivity contribution in [1.29, 1.82) is 0 Å². The Morgan fingerprint density at radius 2 is 1.47 bits per heavy atom. The number of halogens is 4. The number of nitrogens with zero attached hydrogens (tertiary/aromatic N) is 4. The van der Waals surface area contributed by atoms with E-state index in [-0.39, 0.29) is 11.5 Å². The zero-order valence-corrected chi connectivity index (χ0v) is 23.0. The fraction of sp³-hybridized carbons (Fsp3) is 0.560. The lowest BCUT2D eigenvalue weighted by molar-refractivity contribution is -0.182. The Balaban J connectivity index is 1.92. The third-order valence-corrected chi connectivity index (χ3v) is 7.39. The highest BCUT2D eigenvalue weighted by molar-refractivity contribution is 7.90. The van der Waals surface area contributed by atoms with Gasteiger partial charge in [-0.2, -0.15) is 13.2 Å². The predicted molar refractivity (Wildman–Crippen MR) is 136 cm³/mol. The van der Waals surface area contributed by atoms with Gasteiger partial charge in [-0.15, -0.1) is 4.72 Å². The van der Waals surface area contributed by atoms with Gasteiger partial charge in [-0.3, -0.25) is 0 Å². The highest BCUT2D eigenvalue weighted by Gasteiger charge is 2.61. The number of amides is 1. The van der Waals surface area contributed by atoms with Gasteiger partial charge < -0.3 is 19.1 Å². The van der Waals surface area contributed by atoms with Crippen LogP contribution < -0.4 is 9.62 Å². The summed E-state index contributed by atoms with van der Waals surface area (Å²) in [5.41, 5.74) is -4.35. The first-order valence-electron chi connectivity index (χ1n) is 12.0. The molecule has 1 aliphatic rings. The maximum absolute atomic E-state index is 14.9. The number of hydrogen-bond acceptors (Lipinski definition) is 7. The van der Waals surface area contributed by atoms with Crippen molar-refractivity contribution in [2.45, 2.75) is 63.6 Å². The van der Waals surface area contributed by atoms with Crippen molar-refractivity contribution >= 4 is 23.4 Å². The number of anilines is 1. The summed E-state index contributed by atoms with van der Waals surface area (Å²) in [5.74, 6) is -0.524. The van der Waals surface area contributed by atoms with E-state index in [0.29, 0.717) is 26.2 Å². The minimum atomic E-state index is -4.99. The van der Waals surface area contributed by atoms with Crippen LogP contribution in [0.4, 0.5) is 28.3 Å². The van der Waals surface area contributed by atoms with Crippen LogP contribution in [0.5, 0.6) is 0 Å². The Bertz CT molecular complexity index is 1100. The summed E-state index contributed by atoms with van der Waals surface area (Å²) in [6.07, 6.45) is -3.37. The van der Waals surface area contributed by atoms with Crippen LogP contribution in [0.25, 0.3) is 0 Å². The minimum absolute atomic E-state index is 0.185. The summed E-state index contributed by atoms with van der Waals surface area (Å²) in [6.45, 7) is 11.3. The van der Waals surface area contributed by atoms with Crippen LogP contribution in [-0.4, -0.2) is 68.2 Å². The smallest absolute Gasteiger partial charge is 0.419 e. The van der Waals surface area contributed by atoms with Crippen LogP contribution in [0, 0.1) is 5.82 Å².